The summed E-state index contributed by atoms with van der Waals surface area (Å²) < 4.78 is 5.70. The van der Waals surface area contributed by atoms with Crippen molar-refractivity contribution in [1.82, 2.24) is 0 Å². The van der Waals surface area contributed by atoms with Crippen LogP contribution in [0.15, 0.2) is 4.99 Å². The van der Waals surface area contributed by atoms with Crippen molar-refractivity contribution in [1.29, 1.82) is 0 Å². The maximum atomic E-state index is 12.9. The molecule has 0 aromatic rings. The number of unbranched alkanes of at least 4 members (excludes halogenated alkanes) is 9. The van der Waals surface area contributed by atoms with Crippen LogP contribution in [0.4, 0.5) is 0 Å². The first-order chi connectivity index (χ1) is 14.9. The van der Waals surface area contributed by atoms with Gasteiger partial charge in [-0.15, -0.1) is 0 Å². The third-order valence-corrected chi connectivity index (χ3v) is 7.99. The molecule has 3 rings (SSSR count). The highest BCUT2D eigenvalue weighted by molar-refractivity contribution is 5.96. The lowest BCUT2D eigenvalue weighted by Crippen LogP contribution is -2.65. The second kappa shape index (κ2) is 11.5. The Morgan fingerprint density at radius 2 is 1.56 bits per heavy atom. The molecule has 0 aromatic heterocycles. The summed E-state index contributed by atoms with van der Waals surface area (Å²) in [6, 6.07) is -0.495. The van der Waals surface area contributed by atoms with Gasteiger partial charge in [0.15, 0.2) is 0 Å². The van der Waals surface area contributed by atoms with Gasteiger partial charge in [-0.25, -0.2) is 4.79 Å². The molecule has 2 bridgehead atoms. The van der Waals surface area contributed by atoms with E-state index in [9.17, 15) is 9.90 Å². The van der Waals surface area contributed by atoms with Gasteiger partial charge in [-0.1, -0.05) is 85.0 Å². The molecule has 4 atom stereocenters. The van der Waals surface area contributed by atoms with Crippen molar-refractivity contribution in [3.63, 3.8) is 0 Å². The number of rotatable bonds is 13. The van der Waals surface area contributed by atoms with Crippen LogP contribution in [-0.4, -0.2) is 34.0 Å². The van der Waals surface area contributed by atoms with E-state index >= 15 is 0 Å². The molecule has 32 heavy (non-hydrogen) atoms. The molecule has 0 aromatic carbocycles. The fourth-order valence-electron chi connectivity index (χ4n) is 5.76. The van der Waals surface area contributed by atoms with Gasteiger partial charge >= 0.3 is 5.97 Å². The summed E-state index contributed by atoms with van der Waals surface area (Å²) in [6.07, 6.45) is 15.3. The molecule has 1 N–H and O–H groups in total. The third-order valence-electron chi connectivity index (χ3n) is 7.99. The summed E-state index contributed by atoms with van der Waals surface area (Å²) in [7, 11) is 0. The Bertz CT molecular complexity index is 629. The first-order valence-electron chi connectivity index (χ1n) is 13.4. The van der Waals surface area contributed by atoms with Crippen LogP contribution in [0.3, 0.4) is 0 Å². The molecule has 3 fully saturated rings. The molecule has 3 aliphatic rings. The first-order valence-corrected chi connectivity index (χ1v) is 13.4. The van der Waals surface area contributed by atoms with Crippen LogP contribution >= 0.6 is 0 Å². The fourth-order valence-corrected chi connectivity index (χ4v) is 5.76. The zero-order valence-corrected chi connectivity index (χ0v) is 22.1. The lowest BCUT2D eigenvalue weighted by atomic mass is 9.44. The highest BCUT2D eigenvalue weighted by atomic mass is 16.6. The average Bonchev–Trinajstić information content (AvgIpc) is 2.67. The molecule has 0 saturated heterocycles. The van der Waals surface area contributed by atoms with E-state index in [0.29, 0.717) is 12.3 Å². The highest BCUT2D eigenvalue weighted by Gasteiger charge is 2.61. The summed E-state index contributed by atoms with van der Waals surface area (Å²) in [5.41, 5.74) is -0.468. The van der Waals surface area contributed by atoms with Gasteiger partial charge in [0.2, 0.25) is 0 Å². The number of hydrogen-bond acceptors (Lipinski definition) is 4. The van der Waals surface area contributed by atoms with Gasteiger partial charge in [0.1, 0.15) is 17.2 Å². The minimum Gasteiger partial charge on any atom is -0.458 e. The van der Waals surface area contributed by atoms with Gasteiger partial charge in [-0.05, 0) is 64.2 Å². The summed E-state index contributed by atoms with van der Waals surface area (Å²) in [5.74, 6) is 0.544. The number of fused-ring (bicyclic) bond motifs is 2. The van der Waals surface area contributed by atoms with Gasteiger partial charge in [-0.3, -0.25) is 4.99 Å². The van der Waals surface area contributed by atoms with Crippen molar-refractivity contribution < 1.29 is 14.6 Å². The second-order valence-corrected chi connectivity index (χ2v) is 12.3. The number of ether oxygens (including phenoxy) is 1. The Morgan fingerprint density at radius 1 is 1.03 bits per heavy atom. The first kappa shape index (κ1) is 27.3. The highest BCUT2D eigenvalue weighted by Crippen LogP contribution is 2.61. The van der Waals surface area contributed by atoms with Crippen LogP contribution < -0.4 is 0 Å². The molecule has 186 valence electrons. The van der Waals surface area contributed by atoms with Crippen molar-refractivity contribution in [3.05, 3.63) is 0 Å². The summed E-state index contributed by atoms with van der Waals surface area (Å²) in [4.78, 5) is 17.8. The molecule has 3 aliphatic carbocycles. The van der Waals surface area contributed by atoms with E-state index in [1.165, 1.54) is 51.4 Å². The summed E-state index contributed by atoms with van der Waals surface area (Å²) >= 11 is 0. The number of hydrogen-bond donors (Lipinski definition) is 1. The minimum atomic E-state index is -0.920. The predicted molar refractivity (Wildman–Crippen MR) is 134 cm³/mol. The van der Waals surface area contributed by atoms with Crippen LogP contribution in [-0.2, 0) is 9.53 Å². The number of carbonyl (C=O) groups is 1. The zero-order valence-electron chi connectivity index (χ0n) is 22.1. The van der Waals surface area contributed by atoms with Crippen molar-refractivity contribution in [2.24, 2.45) is 22.2 Å². The molecular weight excluding hydrogens is 398 g/mol. The Balaban J connectivity index is 1.89. The van der Waals surface area contributed by atoms with E-state index in [2.05, 4.69) is 20.8 Å². The van der Waals surface area contributed by atoms with E-state index in [-0.39, 0.29) is 17.3 Å². The van der Waals surface area contributed by atoms with Gasteiger partial charge in [0.25, 0.3) is 0 Å². The molecule has 0 radical (unpaired) electrons. The van der Waals surface area contributed by atoms with Crippen molar-refractivity contribution in [2.45, 2.75) is 149 Å². The van der Waals surface area contributed by atoms with E-state index in [0.717, 1.165) is 31.4 Å². The molecule has 3 saturated carbocycles. The SMILES string of the molecule is CCCCCCCCCCCC[C@@H](N=C1C[C@@H]2C[C@@H](C2(C)C)[C@]1(C)O)C(=O)OC(C)(C)C. The van der Waals surface area contributed by atoms with Crippen LogP contribution in [0.5, 0.6) is 0 Å². The predicted octanol–water partition coefficient (Wildman–Crippen LogP) is 7.27. The van der Waals surface area contributed by atoms with E-state index in [4.69, 9.17) is 9.73 Å². The molecule has 0 heterocycles. The van der Waals surface area contributed by atoms with Crippen molar-refractivity contribution in [3.8, 4) is 0 Å². The van der Waals surface area contributed by atoms with Crippen molar-refractivity contribution in [2.75, 3.05) is 0 Å². The maximum absolute atomic E-state index is 12.9. The fraction of sp³-hybridized carbons (Fsp3) is 0.929. The van der Waals surface area contributed by atoms with Crippen LogP contribution in [0.2, 0.25) is 0 Å². The molecule has 0 spiro atoms. The topological polar surface area (TPSA) is 58.9 Å². The Morgan fingerprint density at radius 3 is 2.03 bits per heavy atom. The van der Waals surface area contributed by atoms with Crippen LogP contribution in [0, 0.1) is 17.3 Å². The zero-order chi connectivity index (χ0) is 24.0. The standard InChI is InChI=1S/C28H51NO3/c1-8-9-10-11-12-13-14-15-16-17-18-22(25(30)32-26(2,3)4)29-24-20-21-19-23(27(21,5)6)28(24,7)31/h21-23,31H,8-20H2,1-7H3/t21-,22+,23-,28-/m0/s1. The molecule has 0 unspecified atom stereocenters. The largest absolute Gasteiger partial charge is 0.458 e. The number of carbonyl (C=O) groups excluding carboxylic acids is 1. The lowest BCUT2D eigenvalue weighted by molar-refractivity contribution is -0.156. The summed E-state index contributed by atoms with van der Waals surface area (Å²) in [5, 5.41) is 11.3. The quantitative estimate of drug-likeness (QED) is 0.238. The smallest absolute Gasteiger partial charge is 0.331 e. The van der Waals surface area contributed by atoms with E-state index < -0.39 is 17.2 Å². The molecule has 4 heteroatoms. The molecule has 0 aliphatic heterocycles. The number of aliphatic hydroxyl groups is 1. The summed E-state index contributed by atoms with van der Waals surface area (Å²) in [6.45, 7) is 14.4. The monoisotopic (exact) mass is 449 g/mol. The third kappa shape index (κ3) is 7.30. The Hall–Kier alpha value is -0.900. The molecule has 4 nitrogen and oxygen atoms in total. The number of aliphatic imine (C=N–C) groups is 1. The average molecular weight is 450 g/mol. The number of nitrogens with zero attached hydrogens (tertiary/aromatic N) is 1. The molecule has 0 amide bonds. The van der Waals surface area contributed by atoms with Gasteiger partial charge in [0, 0.05) is 5.71 Å². The normalized spacial score (nSPS) is 28.9. The van der Waals surface area contributed by atoms with Crippen LogP contribution in [0.1, 0.15) is 132 Å². The second-order valence-electron chi connectivity index (χ2n) is 12.3. The van der Waals surface area contributed by atoms with Crippen molar-refractivity contribution >= 4 is 11.7 Å². The number of esters is 1. The molecular formula is C28H51NO3. The minimum absolute atomic E-state index is 0.153. The van der Waals surface area contributed by atoms with Crippen LogP contribution in [0.25, 0.3) is 0 Å². The van der Waals surface area contributed by atoms with Gasteiger partial charge in [-0.2, -0.15) is 0 Å². The van der Waals surface area contributed by atoms with Gasteiger partial charge in [0.05, 0.1) is 0 Å². The maximum Gasteiger partial charge on any atom is 0.331 e. The Kier molecular flexibility index (Phi) is 9.82. The van der Waals surface area contributed by atoms with Gasteiger partial charge < -0.3 is 9.84 Å². The Labute approximate surface area is 198 Å². The van der Waals surface area contributed by atoms with E-state index in [1.807, 2.05) is 27.7 Å². The lowest BCUT2D eigenvalue weighted by Gasteiger charge is -2.62. The van der Waals surface area contributed by atoms with E-state index in [1.54, 1.807) is 0 Å².